The fraction of sp³-hybridized carbons (Fsp3) is 0.258. The van der Waals surface area contributed by atoms with Crippen LogP contribution in [-0.4, -0.2) is 6.21 Å². The molecule has 0 aliphatic heterocycles. The van der Waals surface area contributed by atoms with E-state index in [9.17, 15) is 0 Å². The van der Waals surface area contributed by atoms with Crippen LogP contribution >= 0.6 is 0 Å². The second-order valence-corrected chi connectivity index (χ2v) is 9.58. The van der Waals surface area contributed by atoms with Crippen LogP contribution in [0.2, 0.25) is 0 Å². The molecule has 2 bridgehead atoms. The van der Waals surface area contributed by atoms with E-state index in [0.717, 1.165) is 62.1 Å². The molecule has 2 nitrogen and oxygen atoms in total. The van der Waals surface area contributed by atoms with Crippen LogP contribution in [0, 0.1) is 17.2 Å². The lowest BCUT2D eigenvalue weighted by Gasteiger charge is -2.22. The quantitative estimate of drug-likeness (QED) is 0.249. The zero-order chi connectivity index (χ0) is 23.3. The number of furan rings is 1. The van der Waals surface area contributed by atoms with Crippen molar-refractivity contribution in [3.63, 3.8) is 0 Å². The Morgan fingerprint density at radius 1 is 0.970 bits per heavy atom. The maximum atomic E-state index is 9.14. The Balaban J connectivity index is 1.36. The third-order valence-electron chi connectivity index (χ3n) is 7.60. The van der Waals surface area contributed by atoms with Crippen molar-refractivity contribution in [2.45, 2.75) is 38.5 Å². The van der Waals surface area contributed by atoms with Gasteiger partial charge in [-0.15, -0.1) is 0 Å². The van der Waals surface area contributed by atoms with E-state index in [4.69, 9.17) is 11.2 Å². The number of allylic oxidation sites excluding steroid dienone is 4. The minimum absolute atomic E-state index is 0.421. The summed E-state index contributed by atoms with van der Waals surface area (Å²) in [6.45, 7) is 2.10. The molecule has 2 fully saturated rings. The molecular weight excluding hydrogens is 402 g/mol. The van der Waals surface area contributed by atoms with Crippen molar-refractivity contribution >= 4 is 39.3 Å². The Kier molecular flexibility index (Phi) is 4.74. The first-order chi connectivity index (χ1) is 16.6. The number of hydrogen-bond donors (Lipinski definition) is 1. The molecule has 1 heterocycles. The van der Waals surface area contributed by atoms with Gasteiger partial charge in [-0.1, -0.05) is 73.2 Å². The van der Waals surface area contributed by atoms with Gasteiger partial charge >= 0.3 is 0 Å². The minimum Gasteiger partial charge on any atom is -0.455 e. The molecule has 33 heavy (non-hydrogen) atoms. The Labute approximate surface area is 196 Å². The lowest BCUT2D eigenvalue weighted by atomic mass is 9.83. The number of rotatable bonds is 5. The zero-order valence-electron chi connectivity index (χ0n) is 20.0. The molecule has 3 aromatic carbocycles. The summed E-state index contributed by atoms with van der Waals surface area (Å²) in [5.41, 5.74) is 7.14. The molecule has 2 aliphatic rings. The fourth-order valence-electron chi connectivity index (χ4n) is 5.97. The summed E-state index contributed by atoms with van der Waals surface area (Å²) < 4.78 is 15.4. The average molecular weight is 433 g/mol. The van der Waals surface area contributed by atoms with Gasteiger partial charge in [0.05, 0.1) is 0 Å². The van der Waals surface area contributed by atoms with Gasteiger partial charge in [-0.25, -0.2) is 0 Å². The van der Waals surface area contributed by atoms with Gasteiger partial charge in [-0.05, 0) is 78.3 Å². The van der Waals surface area contributed by atoms with Crippen molar-refractivity contribution in [1.29, 1.82) is 5.41 Å². The molecule has 1 N–H and O–H groups in total. The lowest BCUT2D eigenvalue weighted by Crippen LogP contribution is -2.08. The Morgan fingerprint density at radius 2 is 1.79 bits per heavy atom. The summed E-state index contributed by atoms with van der Waals surface area (Å²) in [5, 5.41) is 9.97. The third-order valence-corrected chi connectivity index (χ3v) is 7.60. The summed E-state index contributed by atoms with van der Waals surface area (Å²) in [4.78, 5) is 0. The lowest BCUT2D eigenvalue weighted by molar-refractivity contribution is 0.420. The van der Waals surface area contributed by atoms with Crippen LogP contribution in [0.25, 0.3) is 33.1 Å². The molecule has 4 aromatic rings. The van der Waals surface area contributed by atoms with Crippen LogP contribution < -0.4 is 0 Å². The van der Waals surface area contributed by atoms with Crippen LogP contribution in [0.5, 0.6) is 0 Å². The highest BCUT2D eigenvalue weighted by molar-refractivity contribution is 6.08. The van der Waals surface area contributed by atoms with Crippen LogP contribution in [0.1, 0.15) is 56.6 Å². The second kappa shape index (κ2) is 8.19. The predicted molar refractivity (Wildman–Crippen MR) is 139 cm³/mol. The fourth-order valence-corrected chi connectivity index (χ4v) is 5.97. The van der Waals surface area contributed by atoms with Gasteiger partial charge in [0.2, 0.25) is 0 Å². The van der Waals surface area contributed by atoms with Crippen LogP contribution in [0.3, 0.4) is 0 Å². The molecule has 3 unspecified atom stereocenters. The molecular formula is C31H29NO. The molecule has 0 spiro atoms. The van der Waals surface area contributed by atoms with Crippen molar-refractivity contribution in [2.75, 3.05) is 0 Å². The van der Waals surface area contributed by atoms with Gasteiger partial charge in [-0.2, -0.15) is 0 Å². The number of para-hydroxylation sites is 2. The van der Waals surface area contributed by atoms with Crippen molar-refractivity contribution in [2.24, 2.45) is 11.8 Å². The van der Waals surface area contributed by atoms with Gasteiger partial charge in [0.1, 0.15) is 11.2 Å². The number of benzene rings is 3. The number of hydrogen-bond acceptors (Lipinski definition) is 2. The zero-order valence-corrected chi connectivity index (χ0v) is 19.0. The number of fused-ring (bicyclic) bond motifs is 5. The Morgan fingerprint density at radius 3 is 2.55 bits per heavy atom. The maximum Gasteiger partial charge on any atom is 0.142 e. The van der Waals surface area contributed by atoms with Gasteiger partial charge in [0.25, 0.3) is 0 Å². The summed E-state index contributed by atoms with van der Waals surface area (Å²) in [7, 11) is 0. The molecule has 2 heteroatoms. The van der Waals surface area contributed by atoms with Crippen molar-refractivity contribution < 1.29 is 5.79 Å². The van der Waals surface area contributed by atoms with Crippen molar-refractivity contribution in [3.8, 4) is 0 Å². The molecule has 164 valence electrons. The third kappa shape index (κ3) is 3.54. The molecule has 1 aromatic heterocycles. The van der Waals surface area contributed by atoms with Gasteiger partial charge in [-0.3, -0.25) is 0 Å². The monoisotopic (exact) mass is 432 g/mol. The van der Waals surface area contributed by atoms with E-state index in [2.05, 4.69) is 61.5 Å². The molecule has 2 saturated carbocycles. The first-order valence-electron chi connectivity index (χ1n) is 12.5. The smallest absolute Gasteiger partial charge is 0.142 e. The molecule has 3 atom stereocenters. The number of nitrogens with one attached hydrogen (secondary N) is 1. The molecule has 0 amide bonds. The summed E-state index contributed by atoms with van der Waals surface area (Å²) in [6, 6.07) is 23.0. The summed E-state index contributed by atoms with van der Waals surface area (Å²) in [6.07, 6.45) is 10.0. The normalized spacial score (nSPS) is 25.7. The van der Waals surface area contributed by atoms with E-state index in [1.54, 1.807) is 0 Å². The van der Waals surface area contributed by atoms with Gasteiger partial charge < -0.3 is 9.83 Å². The predicted octanol–water partition coefficient (Wildman–Crippen LogP) is 8.63. The van der Waals surface area contributed by atoms with Gasteiger partial charge in [0, 0.05) is 23.9 Å². The van der Waals surface area contributed by atoms with E-state index in [1.807, 2.05) is 24.3 Å². The largest absolute Gasteiger partial charge is 0.455 e. The highest BCUT2D eigenvalue weighted by atomic mass is 16.3. The highest BCUT2D eigenvalue weighted by Crippen LogP contribution is 2.52. The second-order valence-electron chi connectivity index (χ2n) is 9.58. The maximum absolute atomic E-state index is 9.14. The first-order valence-corrected chi connectivity index (χ1v) is 12.0. The molecule has 0 radical (unpaired) electrons. The van der Waals surface area contributed by atoms with E-state index < -0.39 is 5.89 Å². The SMILES string of the molecule is [2H]C1(c2ccc(C(=C/C=N)/C=C(\C)c3cccc4c3oc3ccccc34)cc2)CC2CCC1C2. The van der Waals surface area contributed by atoms with Crippen LogP contribution in [0.15, 0.2) is 83.3 Å². The van der Waals surface area contributed by atoms with Crippen LogP contribution in [0.4, 0.5) is 0 Å². The summed E-state index contributed by atoms with van der Waals surface area (Å²) >= 11 is 0. The Hall–Kier alpha value is -3.39. The van der Waals surface area contributed by atoms with Crippen molar-refractivity contribution in [1.82, 2.24) is 0 Å². The first kappa shape index (κ1) is 19.1. The van der Waals surface area contributed by atoms with Crippen molar-refractivity contribution in [3.05, 3.63) is 95.6 Å². The minimum atomic E-state index is -0.421. The molecule has 2 aliphatic carbocycles. The highest BCUT2D eigenvalue weighted by Gasteiger charge is 2.39. The van der Waals surface area contributed by atoms with E-state index >= 15 is 0 Å². The average Bonchev–Trinajstić information content (AvgIpc) is 3.56. The van der Waals surface area contributed by atoms with E-state index in [-0.39, 0.29) is 0 Å². The Bertz CT molecular complexity index is 1460. The standard InChI is InChI=1S/C31H29NO/c1-20(26-6-4-7-28-27-5-2-3-8-30(27)33-31(26)28)17-24(15-16-32)22-11-13-23(14-12-22)29-19-21-9-10-25(29)18-21/h2-8,11-17,21,25,29,32H,9-10,18-19H2,1H3/b20-17+,24-15+,32-16?/i29D. The van der Waals surface area contributed by atoms with E-state index in [1.165, 1.54) is 25.5 Å². The van der Waals surface area contributed by atoms with Crippen LogP contribution in [-0.2, 0) is 0 Å². The van der Waals surface area contributed by atoms with E-state index in [0.29, 0.717) is 5.92 Å². The molecule has 6 rings (SSSR count). The molecule has 0 saturated heterocycles. The van der Waals surface area contributed by atoms with Gasteiger partial charge in [0.15, 0.2) is 0 Å². The summed E-state index contributed by atoms with van der Waals surface area (Å²) in [5.74, 6) is 0.823. The topological polar surface area (TPSA) is 37.0 Å².